The van der Waals surface area contributed by atoms with Gasteiger partial charge in [0, 0.05) is 25.2 Å². The zero-order chi connectivity index (χ0) is 15.6. The van der Waals surface area contributed by atoms with Crippen molar-refractivity contribution in [1.82, 2.24) is 9.80 Å². The third kappa shape index (κ3) is 3.36. The van der Waals surface area contributed by atoms with E-state index in [1.54, 1.807) is 4.90 Å². The van der Waals surface area contributed by atoms with Crippen molar-refractivity contribution in [3.05, 3.63) is 39.7 Å². The van der Waals surface area contributed by atoms with Crippen LogP contribution in [0.15, 0.2) is 18.2 Å². The second-order valence-corrected chi connectivity index (χ2v) is 5.48. The van der Waals surface area contributed by atoms with Crippen molar-refractivity contribution in [3.63, 3.8) is 0 Å². The molecule has 21 heavy (non-hydrogen) atoms. The van der Waals surface area contributed by atoms with Gasteiger partial charge in [-0.05, 0) is 39.1 Å². The monoisotopic (exact) mass is 295 g/mol. The van der Waals surface area contributed by atoms with Crippen LogP contribution in [0.2, 0.25) is 0 Å². The average molecular weight is 295 g/mol. The van der Waals surface area contributed by atoms with E-state index in [0.717, 1.165) is 31.0 Å². The summed E-state index contributed by atoms with van der Waals surface area (Å²) in [5, 5.41) is 11.0. The number of hydrogen-bond donors (Lipinski definition) is 0. The lowest BCUT2D eigenvalue weighted by atomic mass is 10.1. The zero-order valence-electron chi connectivity index (χ0n) is 12.1. The van der Waals surface area contributed by atoms with Crippen LogP contribution in [0.4, 0.5) is 10.1 Å². The Morgan fingerprint density at radius 1 is 1.52 bits per heavy atom. The van der Waals surface area contributed by atoms with Gasteiger partial charge in [0.1, 0.15) is 11.4 Å². The molecule has 0 saturated carbocycles. The number of halogens is 1. The van der Waals surface area contributed by atoms with Gasteiger partial charge in [-0.2, -0.15) is 0 Å². The first kappa shape index (κ1) is 15.4. The van der Waals surface area contributed by atoms with E-state index in [0.29, 0.717) is 13.1 Å². The number of likely N-dealkylation sites (tertiary alicyclic amines) is 1. The van der Waals surface area contributed by atoms with Crippen LogP contribution in [0.1, 0.15) is 23.2 Å². The Labute approximate surface area is 122 Å². The Hall–Kier alpha value is -2.02. The molecule has 0 aliphatic carbocycles. The van der Waals surface area contributed by atoms with Crippen molar-refractivity contribution in [2.24, 2.45) is 0 Å². The maximum absolute atomic E-state index is 13.4. The Bertz CT molecular complexity index is 562. The summed E-state index contributed by atoms with van der Waals surface area (Å²) in [4.78, 5) is 26.5. The van der Waals surface area contributed by atoms with Crippen molar-refractivity contribution in [1.29, 1.82) is 0 Å². The minimum atomic E-state index is -0.649. The number of nitro benzene ring substituents is 1. The molecule has 1 fully saturated rings. The van der Waals surface area contributed by atoms with Gasteiger partial charge in [-0.1, -0.05) is 0 Å². The zero-order valence-corrected chi connectivity index (χ0v) is 12.1. The predicted octanol–water partition coefficient (Wildman–Crippen LogP) is 1.90. The number of amides is 1. The highest BCUT2D eigenvalue weighted by Gasteiger charge is 2.33. The van der Waals surface area contributed by atoms with E-state index in [-0.39, 0.29) is 17.3 Å². The van der Waals surface area contributed by atoms with Crippen molar-refractivity contribution in [2.75, 3.05) is 27.2 Å². The summed E-state index contributed by atoms with van der Waals surface area (Å²) < 4.78 is 13.4. The van der Waals surface area contributed by atoms with E-state index in [9.17, 15) is 19.3 Å². The first-order valence-corrected chi connectivity index (χ1v) is 6.80. The molecule has 0 radical (unpaired) electrons. The van der Waals surface area contributed by atoms with Crippen molar-refractivity contribution >= 4 is 11.6 Å². The quantitative estimate of drug-likeness (QED) is 0.628. The Balaban J connectivity index is 2.31. The molecule has 1 aromatic carbocycles. The van der Waals surface area contributed by atoms with Crippen LogP contribution in [-0.4, -0.2) is 53.9 Å². The highest BCUT2D eigenvalue weighted by Crippen LogP contribution is 2.26. The molecular formula is C14H18FN3O3. The van der Waals surface area contributed by atoms with Crippen molar-refractivity contribution in [3.8, 4) is 0 Å². The number of rotatable bonds is 4. The van der Waals surface area contributed by atoms with Gasteiger partial charge >= 0.3 is 0 Å². The van der Waals surface area contributed by atoms with E-state index < -0.39 is 16.6 Å². The molecule has 7 heteroatoms. The standard InChI is InChI=1S/C14H18FN3O3/c1-16(2)9-11-4-3-7-17(11)14(19)12-8-10(15)5-6-13(12)18(20)21/h5-6,8,11H,3-4,7,9H2,1-2H3. The number of benzene rings is 1. The molecule has 1 saturated heterocycles. The van der Waals surface area contributed by atoms with Gasteiger partial charge in [-0.25, -0.2) is 4.39 Å². The van der Waals surface area contributed by atoms with Crippen LogP contribution in [0.25, 0.3) is 0 Å². The minimum absolute atomic E-state index is 0.00960. The van der Waals surface area contributed by atoms with Gasteiger partial charge in [0.25, 0.3) is 11.6 Å². The minimum Gasteiger partial charge on any atom is -0.334 e. The third-order valence-electron chi connectivity index (χ3n) is 3.60. The summed E-state index contributed by atoms with van der Waals surface area (Å²) in [6.07, 6.45) is 1.71. The molecule has 1 aromatic rings. The number of carbonyl (C=O) groups excluding carboxylic acids is 1. The number of nitro groups is 1. The molecular weight excluding hydrogens is 277 g/mol. The highest BCUT2D eigenvalue weighted by molar-refractivity contribution is 5.98. The van der Waals surface area contributed by atoms with Gasteiger partial charge in [0.05, 0.1) is 4.92 Å². The van der Waals surface area contributed by atoms with Gasteiger partial charge < -0.3 is 9.80 Å². The molecule has 2 rings (SSSR count). The molecule has 0 N–H and O–H groups in total. The summed E-state index contributed by atoms with van der Waals surface area (Å²) >= 11 is 0. The van der Waals surface area contributed by atoms with Crippen LogP contribution < -0.4 is 0 Å². The fourth-order valence-corrected chi connectivity index (χ4v) is 2.71. The Kier molecular flexibility index (Phi) is 4.52. The van der Waals surface area contributed by atoms with E-state index in [2.05, 4.69) is 0 Å². The third-order valence-corrected chi connectivity index (χ3v) is 3.60. The Morgan fingerprint density at radius 2 is 2.24 bits per heavy atom. The lowest BCUT2D eigenvalue weighted by molar-refractivity contribution is -0.385. The average Bonchev–Trinajstić information content (AvgIpc) is 2.84. The lowest BCUT2D eigenvalue weighted by Gasteiger charge is -2.27. The van der Waals surface area contributed by atoms with Gasteiger partial charge in [-0.3, -0.25) is 14.9 Å². The summed E-state index contributed by atoms with van der Waals surface area (Å²) in [6.45, 7) is 1.24. The summed E-state index contributed by atoms with van der Waals surface area (Å²) in [5.74, 6) is -1.11. The summed E-state index contributed by atoms with van der Waals surface area (Å²) in [5.41, 5.74) is -0.525. The largest absolute Gasteiger partial charge is 0.334 e. The first-order chi connectivity index (χ1) is 9.90. The molecule has 0 aromatic heterocycles. The molecule has 1 amide bonds. The van der Waals surface area contributed by atoms with Gasteiger partial charge in [0.15, 0.2) is 0 Å². The Morgan fingerprint density at radius 3 is 2.86 bits per heavy atom. The maximum atomic E-state index is 13.4. The van der Waals surface area contributed by atoms with Crippen LogP contribution >= 0.6 is 0 Å². The normalized spacial score (nSPS) is 18.3. The van der Waals surface area contributed by atoms with Gasteiger partial charge in [-0.15, -0.1) is 0 Å². The van der Waals surface area contributed by atoms with Crippen molar-refractivity contribution in [2.45, 2.75) is 18.9 Å². The lowest BCUT2D eigenvalue weighted by Crippen LogP contribution is -2.41. The fraction of sp³-hybridized carbons (Fsp3) is 0.500. The molecule has 0 spiro atoms. The second kappa shape index (κ2) is 6.17. The molecule has 1 heterocycles. The molecule has 1 aliphatic rings. The highest BCUT2D eigenvalue weighted by atomic mass is 19.1. The van der Waals surface area contributed by atoms with Crippen LogP contribution in [0, 0.1) is 15.9 Å². The van der Waals surface area contributed by atoms with Crippen LogP contribution in [-0.2, 0) is 0 Å². The smallest absolute Gasteiger partial charge is 0.282 e. The molecule has 1 atom stereocenters. The van der Waals surface area contributed by atoms with E-state index in [1.165, 1.54) is 0 Å². The van der Waals surface area contributed by atoms with Crippen LogP contribution in [0.3, 0.4) is 0 Å². The molecule has 1 aliphatic heterocycles. The van der Waals surface area contributed by atoms with E-state index in [1.807, 2.05) is 19.0 Å². The predicted molar refractivity (Wildman–Crippen MR) is 75.7 cm³/mol. The molecule has 0 bridgehead atoms. The number of hydrogen-bond acceptors (Lipinski definition) is 4. The molecule has 114 valence electrons. The number of nitrogens with zero attached hydrogens (tertiary/aromatic N) is 3. The maximum Gasteiger partial charge on any atom is 0.282 e. The van der Waals surface area contributed by atoms with E-state index in [4.69, 9.17) is 0 Å². The topological polar surface area (TPSA) is 66.7 Å². The second-order valence-electron chi connectivity index (χ2n) is 5.48. The van der Waals surface area contributed by atoms with Crippen LogP contribution in [0.5, 0.6) is 0 Å². The molecule has 6 nitrogen and oxygen atoms in total. The van der Waals surface area contributed by atoms with Crippen molar-refractivity contribution < 1.29 is 14.1 Å². The SMILES string of the molecule is CN(C)CC1CCCN1C(=O)c1cc(F)ccc1[N+](=O)[O-]. The number of likely N-dealkylation sites (N-methyl/N-ethyl adjacent to an activating group) is 1. The summed E-state index contributed by atoms with van der Waals surface area (Å²) in [6, 6.07) is 3.00. The first-order valence-electron chi connectivity index (χ1n) is 6.80. The number of carbonyl (C=O) groups is 1. The van der Waals surface area contributed by atoms with Gasteiger partial charge in [0.2, 0.25) is 0 Å². The summed E-state index contributed by atoms with van der Waals surface area (Å²) in [7, 11) is 3.82. The molecule has 1 unspecified atom stereocenters. The fourth-order valence-electron chi connectivity index (χ4n) is 2.71. The van der Waals surface area contributed by atoms with E-state index >= 15 is 0 Å².